The minimum atomic E-state index is 0.00912. The van der Waals surface area contributed by atoms with E-state index in [-0.39, 0.29) is 5.91 Å². The molecule has 0 saturated heterocycles. The van der Waals surface area contributed by atoms with Crippen LogP contribution in [0, 0.1) is 24.7 Å². The van der Waals surface area contributed by atoms with Crippen LogP contribution < -0.4 is 11.1 Å². The molecule has 0 spiro atoms. The summed E-state index contributed by atoms with van der Waals surface area (Å²) in [6.07, 6.45) is 2.24. The lowest BCUT2D eigenvalue weighted by atomic mass is 10.0. The van der Waals surface area contributed by atoms with Crippen LogP contribution in [-0.4, -0.2) is 18.5 Å². The summed E-state index contributed by atoms with van der Waals surface area (Å²) in [6, 6.07) is 5.99. The third-order valence-electron chi connectivity index (χ3n) is 3.67. The van der Waals surface area contributed by atoms with Gasteiger partial charge in [-0.3, -0.25) is 4.79 Å². The van der Waals surface area contributed by atoms with Crippen molar-refractivity contribution in [3.05, 3.63) is 34.9 Å². The summed E-state index contributed by atoms with van der Waals surface area (Å²) in [6.45, 7) is 4.42. The van der Waals surface area contributed by atoms with Crippen LogP contribution in [0.5, 0.6) is 0 Å². The number of nitrogens with one attached hydrogen (secondary N) is 1. The Kier molecular flexibility index (Phi) is 4.24. The lowest BCUT2D eigenvalue weighted by Crippen LogP contribution is -2.27. The van der Waals surface area contributed by atoms with E-state index in [4.69, 9.17) is 5.73 Å². The van der Waals surface area contributed by atoms with Crippen LogP contribution in [0.2, 0.25) is 0 Å². The standard InChI is InChI=1S/C16H20N2O/c1-3-12-10-15(12)18-16(19)14-8-4-6-13(11(14)2)7-5-9-17/h4,6,8,12,15H,3,9-10,17H2,1-2H3,(H,18,19). The smallest absolute Gasteiger partial charge is 0.251 e. The molecule has 3 heteroatoms. The normalized spacial score (nSPS) is 20.4. The molecular weight excluding hydrogens is 236 g/mol. The van der Waals surface area contributed by atoms with Gasteiger partial charge in [-0.15, -0.1) is 0 Å². The highest BCUT2D eigenvalue weighted by molar-refractivity contribution is 5.96. The molecule has 0 aliphatic heterocycles. The predicted octanol–water partition coefficient (Wildman–Crippen LogP) is 1.83. The lowest BCUT2D eigenvalue weighted by molar-refractivity contribution is 0.0948. The van der Waals surface area contributed by atoms with Gasteiger partial charge in [0.2, 0.25) is 0 Å². The molecule has 2 rings (SSSR count). The highest BCUT2D eigenvalue weighted by Gasteiger charge is 2.36. The lowest BCUT2D eigenvalue weighted by Gasteiger charge is -2.08. The monoisotopic (exact) mass is 256 g/mol. The van der Waals surface area contributed by atoms with Crippen molar-refractivity contribution in [1.82, 2.24) is 5.32 Å². The van der Waals surface area contributed by atoms with Crippen molar-refractivity contribution in [3.8, 4) is 11.8 Å². The molecule has 2 unspecified atom stereocenters. The van der Waals surface area contributed by atoms with Crippen LogP contribution in [0.25, 0.3) is 0 Å². The van der Waals surface area contributed by atoms with Gasteiger partial charge in [0.15, 0.2) is 0 Å². The number of benzene rings is 1. The number of nitrogens with two attached hydrogens (primary N) is 1. The maximum atomic E-state index is 12.2. The summed E-state index contributed by atoms with van der Waals surface area (Å²) < 4.78 is 0. The maximum Gasteiger partial charge on any atom is 0.251 e. The quantitative estimate of drug-likeness (QED) is 0.811. The minimum absolute atomic E-state index is 0.00912. The van der Waals surface area contributed by atoms with Gasteiger partial charge in [0.1, 0.15) is 0 Å². The topological polar surface area (TPSA) is 55.1 Å². The van der Waals surface area contributed by atoms with Crippen molar-refractivity contribution in [2.45, 2.75) is 32.7 Å². The van der Waals surface area contributed by atoms with Gasteiger partial charge in [-0.2, -0.15) is 0 Å². The molecule has 0 bridgehead atoms. The SMILES string of the molecule is CCC1CC1NC(=O)c1cccc(C#CCN)c1C. The van der Waals surface area contributed by atoms with E-state index in [2.05, 4.69) is 24.1 Å². The highest BCUT2D eigenvalue weighted by atomic mass is 16.1. The van der Waals surface area contributed by atoms with Gasteiger partial charge in [-0.05, 0) is 37.0 Å². The third-order valence-corrected chi connectivity index (χ3v) is 3.67. The summed E-state index contributed by atoms with van der Waals surface area (Å²) in [5, 5.41) is 3.08. The third kappa shape index (κ3) is 3.15. The van der Waals surface area contributed by atoms with E-state index in [0.29, 0.717) is 24.1 Å². The number of hydrogen-bond donors (Lipinski definition) is 2. The van der Waals surface area contributed by atoms with Crippen molar-refractivity contribution < 1.29 is 4.79 Å². The van der Waals surface area contributed by atoms with E-state index in [1.165, 1.54) is 0 Å². The first kappa shape index (κ1) is 13.6. The number of rotatable bonds is 3. The average molecular weight is 256 g/mol. The molecule has 19 heavy (non-hydrogen) atoms. The van der Waals surface area contributed by atoms with Crippen molar-refractivity contribution >= 4 is 5.91 Å². The van der Waals surface area contributed by atoms with Crippen LogP contribution in [-0.2, 0) is 0 Å². The van der Waals surface area contributed by atoms with E-state index in [9.17, 15) is 4.79 Å². The Balaban J connectivity index is 2.13. The van der Waals surface area contributed by atoms with Gasteiger partial charge in [-0.25, -0.2) is 0 Å². The number of carbonyl (C=O) groups excluding carboxylic acids is 1. The molecule has 3 nitrogen and oxygen atoms in total. The molecule has 1 amide bonds. The van der Waals surface area contributed by atoms with Crippen LogP contribution in [0.15, 0.2) is 18.2 Å². The largest absolute Gasteiger partial charge is 0.349 e. The molecule has 0 radical (unpaired) electrons. The molecule has 1 fully saturated rings. The first-order chi connectivity index (χ1) is 9.17. The van der Waals surface area contributed by atoms with Crippen LogP contribution >= 0.6 is 0 Å². The molecular formula is C16H20N2O. The fourth-order valence-electron chi connectivity index (χ4n) is 2.29. The van der Waals surface area contributed by atoms with E-state index < -0.39 is 0 Å². The second-order valence-electron chi connectivity index (χ2n) is 4.97. The van der Waals surface area contributed by atoms with E-state index >= 15 is 0 Å². The van der Waals surface area contributed by atoms with Crippen LogP contribution in [0.1, 0.15) is 41.3 Å². The Labute approximate surface area is 114 Å². The van der Waals surface area contributed by atoms with Crippen molar-refractivity contribution in [1.29, 1.82) is 0 Å². The molecule has 2 atom stereocenters. The van der Waals surface area contributed by atoms with E-state index in [1.54, 1.807) is 0 Å². The predicted molar refractivity (Wildman–Crippen MR) is 76.8 cm³/mol. The molecule has 3 N–H and O–H groups in total. The Morgan fingerprint density at radius 2 is 2.32 bits per heavy atom. The Bertz CT molecular complexity index is 539. The van der Waals surface area contributed by atoms with E-state index in [1.807, 2.05) is 25.1 Å². The van der Waals surface area contributed by atoms with Gasteiger partial charge in [0.05, 0.1) is 6.54 Å². The van der Waals surface area contributed by atoms with Gasteiger partial charge in [0, 0.05) is 17.2 Å². The van der Waals surface area contributed by atoms with Gasteiger partial charge in [-0.1, -0.05) is 31.3 Å². The second-order valence-corrected chi connectivity index (χ2v) is 4.97. The summed E-state index contributed by atoms with van der Waals surface area (Å²) in [7, 11) is 0. The second kappa shape index (κ2) is 5.90. The molecule has 100 valence electrons. The van der Waals surface area contributed by atoms with Crippen molar-refractivity contribution in [2.75, 3.05) is 6.54 Å². The van der Waals surface area contributed by atoms with Gasteiger partial charge < -0.3 is 11.1 Å². The molecule has 1 saturated carbocycles. The molecule has 1 aromatic carbocycles. The highest BCUT2D eigenvalue weighted by Crippen LogP contribution is 2.33. The number of hydrogen-bond acceptors (Lipinski definition) is 2. The molecule has 1 aliphatic carbocycles. The summed E-state index contributed by atoms with van der Waals surface area (Å²) >= 11 is 0. The van der Waals surface area contributed by atoms with Crippen LogP contribution in [0.3, 0.4) is 0 Å². The van der Waals surface area contributed by atoms with Gasteiger partial charge >= 0.3 is 0 Å². The van der Waals surface area contributed by atoms with E-state index in [0.717, 1.165) is 24.0 Å². The maximum absolute atomic E-state index is 12.2. The zero-order valence-corrected chi connectivity index (χ0v) is 11.5. The Morgan fingerprint density at radius 1 is 1.53 bits per heavy atom. The number of carbonyl (C=O) groups is 1. The minimum Gasteiger partial charge on any atom is -0.349 e. The average Bonchev–Trinajstić information content (AvgIpc) is 3.15. The van der Waals surface area contributed by atoms with Crippen molar-refractivity contribution in [3.63, 3.8) is 0 Å². The van der Waals surface area contributed by atoms with Gasteiger partial charge in [0.25, 0.3) is 5.91 Å². The molecule has 0 aromatic heterocycles. The Hall–Kier alpha value is -1.79. The molecule has 1 aliphatic rings. The first-order valence-electron chi connectivity index (χ1n) is 6.76. The first-order valence-corrected chi connectivity index (χ1v) is 6.76. The molecule has 0 heterocycles. The molecule has 1 aromatic rings. The summed E-state index contributed by atoms with van der Waals surface area (Å²) in [5.41, 5.74) is 7.89. The zero-order valence-electron chi connectivity index (χ0n) is 11.5. The van der Waals surface area contributed by atoms with Crippen molar-refractivity contribution in [2.24, 2.45) is 11.7 Å². The fourth-order valence-corrected chi connectivity index (χ4v) is 2.29. The summed E-state index contributed by atoms with van der Waals surface area (Å²) in [5.74, 6) is 6.49. The zero-order chi connectivity index (χ0) is 13.8. The fraction of sp³-hybridized carbons (Fsp3) is 0.438. The number of amides is 1. The van der Waals surface area contributed by atoms with Crippen LogP contribution in [0.4, 0.5) is 0 Å². The Morgan fingerprint density at radius 3 is 2.95 bits per heavy atom. The summed E-state index contributed by atoms with van der Waals surface area (Å²) in [4.78, 5) is 12.2.